The zero-order valence-electron chi connectivity index (χ0n) is 11.6. The van der Waals surface area contributed by atoms with Gasteiger partial charge in [0.25, 0.3) is 0 Å². The lowest BCUT2D eigenvalue weighted by molar-refractivity contribution is 0.104. The Morgan fingerprint density at radius 2 is 2.00 bits per heavy atom. The summed E-state index contributed by atoms with van der Waals surface area (Å²) in [5.41, 5.74) is 1.10. The molecule has 1 aromatic heterocycles. The predicted molar refractivity (Wildman–Crippen MR) is 78.6 cm³/mol. The molecule has 0 fully saturated rings. The Kier molecular flexibility index (Phi) is 5.53. The minimum Gasteiger partial charge on any atom is -0.491 e. The fraction of sp³-hybridized carbons (Fsp3) is 0.312. The van der Waals surface area contributed by atoms with E-state index in [1.54, 1.807) is 6.20 Å². The second-order valence-corrected chi connectivity index (χ2v) is 4.69. The lowest BCUT2D eigenvalue weighted by atomic mass is 10.1. The van der Waals surface area contributed by atoms with Gasteiger partial charge in [-0.1, -0.05) is 24.3 Å². The zero-order valence-corrected chi connectivity index (χ0v) is 11.6. The third kappa shape index (κ3) is 4.64. The number of nitrogens with zero attached hydrogens (tertiary/aromatic N) is 1. The van der Waals surface area contributed by atoms with E-state index in [0.29, 0.717) is 6.54 Å². The molecule has 4 heteroatoms. The molecule has 0 bridgehead atoms. The highest BCUT2D eigenvalue weighted by molar-refractivity contribution is 5.20. The molecule has 1 unspecified atom stereocenters. The number of aromatic nitrogens is 1. The van der Waals surface area contributed by atoms with Gasteiger partial charge in [0.2, 0.25) is 0 Å². The highest BCUT2D eigenvalue weighted by atomic mass is 16.5. The van der Waals surface area contributed by atoms with Crippen molar-refractivity contribution in [3.05, 3.63) is 60.4 Å². The van der Waals surface area contributed by atoms with Crippen molar-refractivity contribution >= 4 is 0 Å². The maximum absolute atomic E-state index is 9.90. The van der Waals surface area contributed by atoms with Crippen molar-refractivity contribution in [3.8, 4) is 5.75 Å². The number of nitrogens with one attached hydrogen (secondary N) is 1. The van der Waals surface area contributed by atoms with E-state index in [2.05, 4.69) is 10.3 Å². The SMILES string of the molecule is C[C@H](NCC(O)COc1ccccc1)c1cccnc1. The van der Waals surface area contributed by atoms with E-state index in [1.807, 2.05) is 55.6 Å². The second-order valence-electron chi connectivity index (χ2n) is 4.69. The molecule has 106 valence electrons. The van der Waals surface area contributed by atoms with Crippen LogP contribution in [0.15, 0.2) is 54.9 Å². The van der Waals surface area contributed by atoms with Crippen LogP contribution in [0.2, 0.25) is 0 Å². The van der Waals surface area contributed by atoms with Gasteiger partial charge in [0.15, 0.2) is 0 Å². The van der Waals surface area contributed by atoms with Gasteiger partial charge in [-0.25, -0.2) is 0 Å². The van der Waals surface area contributed by atoms with Crippen molar-refractivity contribution in [3.63, 3.8) is 0 Å². The molecule has 20 heavy (non-hydrogen) atoms. The number of pyridine rings is 1. The number of ether oxygens (including phenoxy) is 1. The van der Waals surface area contributed by atoms with Crippen molar-refractivity contribution < 1.29 is 9.84 Å². The van der Waals surface area contributed by atoms with Gasteiger partial charge in [0.1, 0.15) is 18.5 Å². The number of aliphatic hydroxyl groups is 1. The van der Waals surface area contributed by atoms with Gasteiger partial charge in [-0.05, 0) is 30.7 Å². The summed E-state index contributed by atoms with van der Waals surface area (Å²) < 4.78 is 5.50. The molecule has 2 N–H and O–H groups in total. The van der Waals surface area contributed by atoms with E-state index in [9.17, 15) is 5.11 Å². The van der Waals surface area contributed by atoms with Crippen molar-refractivity contribution in [2.45, 2.75) is 19.1 Å². The van der Waals surface area contributed by atoms with Crippen LogP contribution in [0.1, 0.15) is 18.5 Å². The van der Waals surface area contributed by atoms with Crippen molar-refractivity contribution in [2.75, 3.05) is 13.2 Å². The predicted octanol–water partition coefficient (Wildman–Crippen LogP) is 2.17. The Balaban J connectivity index is 1.71. The Hall–Kier alpha value is -1.91. The minimum absolute atomic E-state index is 0.148. The van der Waals surface area contributed by atoms with E-state index in [0.717, 1.165) is 11.3 Å². The van der Waals surface area contributed by atoms with E-state index < -0.39 is 6.10 Å². The molecule has 0 radical (unpaired) electrons. The van der Waals surface area contributed by atoms with Crippen molar-refractivity contribution in [2.24, 2.45) is 0 Å². The number of para-hydroxylation sites is 1. The third-order valence-electron chi connectivity index (χ3n) is 3.03. The van der Waals surface area contributed by atoms with Gasteiger partial charge in [-0.3, -0.25) is 4.98 Å². The summed E-state index contributed by atoms with van der Waals surface area (Å²) in [5, 5.41) is 13.2. The first-order valence-corrected chi connectivity index (χ1v) is 6.75. The average molecular weight is 272 g/mol. The second kappa shape index (κ2) is 7.62. The summed E-state index contributed by atoms with van der Waals surface area (Å²) in [6.45, 7) is 2.79. The molecule has 2 rings (SSSR count). The highest BCUT2D eigenvalue weighted by Gasteiger charge is 2.09. The fourth-order valence-electron chi connectivity index (χ4n) is 1.83. The Bertz CT molecular complexity index is 490. The minimum atomic E-state index is -0.547. The number of hydrogen-bond donors (Lipinski definition) is 2. The van der Waals surface area contributed by atoms with E-state index in [-0.39, 0.29) is 12.6 Å². The quantitative estimate of drug-likeness (QED) is 0.811. The molecule has 0 aliphatic carbocycles. The summed E-state index contributed by atoms with van der Waals surface area (Å²) in [6, 6.07) is 13.6. The molecule has 4 nitrogen and oxygen atoms in total. The topological polar surface area (TPSA) is 54.4 Å². The number of benzene rings is 1. The summed E-state index contributed by atoms with van der Waals surface area (Å²) in [5.74, 6) is 0.770. The molecule has 0 aliphatic rings. The van der Waals surface area contributed by atoms with Crippen LogP contribution in [0.5, 0.6) is 5.75 Å². The Morgan fingerprint density at radius 3 is 2.70 bits per heavy atom. The molecule has 2 atom stereocenters. The summed E-state index contributed by atoms with van der Waals surface area (Å²) in [4.78, 5) is 4.08. The van der Waals surface area contributed by atoms with E-state index >= 15 is 0 Å². The van der Waals surface area contributed by atoms with Crippen LogP contribution in [0.4, 0.5) is 0 Å². The fourth-order valence-corrected chi connectivity index (χ4v) is 1.83. The average Bonchev–Trinajstić information content (AvgIpc) is 2.52. The first-order chi connectivity index (χ1) is 9.75. The summed E-state index contributed by atoms with van der Waals surface area (Å²) >= 11 is 0. The first-order valence-electron chi connectivity index (χ1n) is 6.75. The number of hydrogen-bond acceptors (Lipinski definition) is 4. The maximum atomic E-state index is 9.90. The number of rotatable bonds is 7. The Morgan fingerprint density at radius 1 is 1.20 bits per heavy atom. The van der Waals surface area contributed by atoms with Gasteiger partial charge >= 0.3 is 0 Å². The van der Waals surface area contributed by atoms with Gasteiger partial charge in [0, 0.05) is 25.0 Å². The van der Waals surface area contributed by atoms with Crippen LogP contribution in [0.3, 0.4) is 0 Å². The van der Waals surface area contributed by atoms with Crippen LogP contribution in [0, 0.1) is 0 Å². The lowest BCUT2D eigenvalue weighted by Gasteiger charge is -2.17. The molecule has 0 spiro atoms. The molecule has 1 heterocycles. The third-order valence-corrected chi connectivity index (χ3v) is 3.03. The molecule has 2 aromatic rings. The molecule has 0 aliphatic heterocycles. The van der Waals surface area contributed by atoms with Crippen LogP contribution in [-0.2, 0) is 0 Å². The summed E-state index contributed by atoms with van der Waals surface area (Å²) in [7, 11) is 0. The summed E-state index contributed by atoms with van der Waals surface area (Å²) in [6.07, 6.45) is 3.03. The van der Waals surface area contributed by atoms with Crippen LogP contribution < -0.4 is 10.1 Å². The largest absolute Gasteiger partial charge is 0.491 e. The molecule has 0 saturated heterocycles. The van der Waals surface area contributed by atoms with Gasteiger partial charge in [0.05, 0.1) is 0 Å². The van der Waals surface area contributed by atoms with Gasteiger partial charge in [-0.2, -0.15) is 0 Å². The zero-order chi connectivity index (χ0) is 14.2. The smallest absolute Gasteiger partial charge is 0.119 e. The molecule has 0 amide bonds. The van der Waals surface area contributed by atoms with Crippen molar-refractivity contribution in [1.82, 2.24) is 10.3 Å². The van der Waals surface area contributed by atoms with Gasteiger partial charge in [-0.15, -0.1) is 0 Å². The number of aliphatic hydroxyl groups excluding tert-OH is 1. The maximum Gasteiger partial charge on any atom is 0.119 e. The molecular weight excluding hydrogens is 252 g/mol. The first kappa shape index (κ1) is 14.5. The molecule has 0 saturated carbocycles. The standard InChI is InChI=1S/C16H20N2O2/c1-13(14-6-5-9-17-10-14)18-11-15(19)12-20-16-7-3-2-4-8-16/h2-10,13,15,18-19H,11-12H2,1H3/t13-,15?/m0/s1. The Labute approximate surface area is 119 Å². The molecule has 1 aromatic carbocycles. The normalized spacial score (nSPS) is 13.7. The lowest BCUT2D eigenvalue weighted by Crippen LogP contribution is -2.33. The molecular formula is C16H20N2O2. The van der Waals surface area contributed by atoms with Crippen LogP contribution in [-0.4, -0.2) is 29.3 Å². The van der Waals surface area contributed by atoms with E-state index in [4.69, 9.17) is 4.74 Å². The highest BCUT2D eigenvalue weighted by Crippen LogP contribution is 2.10. The monoisotopic (exact) mass is 272 g/mol. The van der Waals surface area contributed by atoms with Crippen LogP contribution in [0.25, 0.3) is 0 Å². The van der Waals surface area contributed by atoms with E-state index in [1.165, 1.54) is 0 Å². The van der Waals surface area contributed by atoms with Gasteiger partial charge < -0.3 is 15.2 Å². The van der Waals surface area contributed by atoms with Crippen LogP contribution >= 0.6 is 0 Å². The van der Waals surface area contributed by atoms with Crippen molar-refractivity contribution in [1.29, 1.82) is 0 Å².